The van der Waals surface area contributed by atoms with Crippen LogP contribution in [0.2, 0.25) is 5.28 Å². The van der Waals surface area contributed by atoms with Gasteiger partial charge in [-0.05, 0) is 36.8 Å². The van der Waals surface area contributed by atoms with E-state index in [0.717, 1.165) is 17.9 Å². The fourth-order valence-electron chi connectivity index (χ4n) is 2.48. The van der Waals surface area contributed by atoms with Crippen molar-refractivity contribution in [1.29, 1.82) is 0 Å². The van der Waals surface area contributed by atoms with Crippen molar-refractivity contribution < 1.29 is 0 Å². The maximum Gasteiger partial charge on any atom is 0.224 e. The van der Waals surface area contributed by atoms with Crippen molar-refractivity contribution in [1.82, 2.24) is 9.97 Å². The third-order valence-corrected chi connectivity index (χ3v) is 3.87. The summed E-state index contributed by atoms with van der Waals surface area (Å²) >= 11 is 5.81. The van der Waals surface area contributed by atoms with E-state index in [9.17, 15) is 0 Å². The Morgan fingerprint density at radius 1 is 1.35 bits per heavy atom. The van der Waals surface area contributed by atoms with Gasteiger partial charge in [-0.15, -0.1) is 0 Å². The molecule has 94 valence electrons. The summed E-state index contributed by atoms with van der Waals surface area (Å²) in [6.45, 7) is 5.33. The zero-order valence-corrected chi connectivity index (χ0v) is 11.3. The highest BCUT2D eigenvalue weighted by atomic mass is 35.5. The standard InChI is InChI=1S/C13H20ClN3/c1-10-8-15-12(14)17-11(10)16-9-13(2)6-4-3-5-7-13/h8H,3-7,9H2,1-2H3,(H,15,16,17). The van der Waals surface area contributed by atoms with Crippen molar-refractivity contribution >= 4 is 17.4 Å². The number of nitrogens with one attached hydrogen (secondary N) is 1. The number of nitrogens with zero attached hydrogens (tertiary/aromatic N) is 2. The van der Waals surface area contributed by atoms with Crippen molar-refractivity contribution in [3.05, 3.63) is 17.0 Å². The highest BCUT2D eigenvalue weighted by Gasteiger charge is 2.26. The number of hydrogen-bond acceptors (Lipinski definition) is 3. The van der Waals surface area contributed by atoms with Gasteiger partial charge in [0.1, 0.15) is 5.82 Å². The predicted molar refractivity (Wildman–Crippen MR) is 71.5 cm³/mol. The lowest BCUT2D eigenvalue weighted by molar-refractivity contribution is 0.233. The molecule has 17 heavy (non-hydrogen) atoms. The van der Waals surface area contributed by atoms with Crippen LogP contribution in [0.5, 0.6) is 0 Å². The minimum atomic E-state index is 0.312. The first-order valence-corrected chi connectivity index (χ1v) is 6.70. The van der Waals surface area contributed by atoms with Crippen LogP contribution in [0.4, 0.5) is 5.82 Å². The maximum atomic E-state index is 5.81. The van der Waals surface area contributed by atoms with E-state index in [0.29, 0.717) is 10.7 Å². The van der Waals surface area contributed by atoms with Crippen LogP contribution in [0.3, 0.4) is 0 Å². The molecule has 4 heteroatoms. The Morgan fingerprint density at radius 2 is 2.06 bits per heavy atom. The Labute approximate surface area is 108 Å². The van der Waals surface area contributed by atoms with Crippen LogP contribution >= 0.6 is 11.6 Å². The molecule has 1 aliphatic carbocycles. The molecule has 0 unspecified atom stereocenters. The van der Waals surface area contributed by atoms with Gasteiger partial charge in [0.05, 0.1) is 0 Å². The highest BCUT2D eigenvalue weighted by molar-refractivity contribution is 6.28. The fourth-order valence-corrected chi connectivity index (χ4v) is 2.61. The number of anilines is 1. The van der Waals surface area contributed by atoms with E-state index in [4.69, 9.17) is 11.6 Å². The molecule has 0 aliphatic heterocycles. The number of aryl methyl sites for hydroxylation is 1. The van der Waals surface area contributed by atoms with Gasteiger partial charge < -0.3 is 5.32 Å². The minimum Gasteiger partial charge on any atom is -0.369 e. The van der Waals surface area contributed by atoms with Gasteiger partial charge in [0.15, 0.2) is 0 Å². The number of hydrogen-bond donors (Lipinski definition) is 1. The monoisotopic (exact) mass is 253 g/mol. The SMILES string of the molecule is Cc1cnc(Cl)nc1NCC1(C)CCCCC1. The van der Waals surface area contributed by atoms with E-state index >= 15 is 0 Å². The van der Waals surface area contributed by atoms with E-state index in [2.05, 4.69) is 22.2 Å². The van der Waals surface area contributed by atoms with Crippen molar-refractivity contribution in [3.63, 3.8) is 0 Å². The molecular weight excluding hydrogens is 234 g/mol. The molecule has 1 aliphatic rings. The van der Waals surface area contributed by atoms with Gasteiger partial charge in [-0.1, -0.05) is 26.2 Å². The van der Waals surface area contributed by atoms with E-state index in [1.165, 1.54) is 32.1 Å². The van der Waals surface area contributed by atoms with Crippen LogP contribution in [0.25, 0.3) is 0 Å². The summed E-state index contributed by atoms with van der Waals surface area (Å²) < 4.78 is 0. The van der Waals surface area contributed by atoms with Crippen molar-refractivity contribution in [3.8, 4) is 0 Å². The zero-order chi connectivity index (χ0) is 12.3. The average Bonchev–Trinajstić information content (AvgIpc) is 2.31. The Morgan fingerprint density at radius 3 is 2.76 bits per heavy atom. The Hall–Kier alpha value is -0.830. The molecule has 0 radical (unpaired) electrons. The van der Waals surface area contributed by atoms with Crippen LogP contribution in [0.1, 0.15) is 44.6 Å². The summed E-state index contributed by atoms with van der Waals surface area (Å²) in [5, 5.41) is 3.74. The molecule has 1 fully saturated rings. The minimum absolute atomic E-state index is 0.312. The maximum absolute atomic E-state index is 5.81. The van der Waals surface area contributed by atoms with Crippen molar-refractivity contribution in [2.45, 2.75) is 46.0 Å². The third-order valence-electron chi connectivity index (χ3n) is 3.69. The summed E-state index contributed by atoms with van der Waals surface area (Å²) in [6.07, 6.45) is 8.45. The van der Waals surface area contributed by atoms with Crippen LogP contribution in [0.15, 0.2) is 6.20 Å². The molecule has 0 amide bonds. The lowest BCUT2D eigenvalue weighted by atomic mass is 9.76. The molecule has 0 saturated heterocycles. The molecule has 1 heterocycles. The smallest absolute Gasteiger partial charge is 0.224 e. The second kappa shape index (κ2) is 5.21. The quantitative estimate of drug-likeness (QED) is 0.833. The number of rotatable bonds is 3. The first-order chi connectivity index (χ1) is 8.09. The van der Waals surface area contributed by atoms with Gasteiger partial charge in [0.2, 0.25) is 5.28 Å². The average molecular weight is 254 g/mol. The van der Waals surface area contributed by atoms with Crippen LogP contribution in [-0.2, 0) is 0 Å². The molecule has 2 rings (SSSR count). The highest BCUT2D eigenvalue weighted by Crippen LogP contribution is 2.35. The zero-order valence-electron chi connectivity index (χ0n) is 10.6. The van der Waals surface area contributed by atoms with Gasteiger partial charge >= 0.3 is 0 Å². The van der Waals surface area contributed by atoms with E-state index in [-0.39, 0.29) is 0 Å². The fraction of sp³-hybridized carbons (Fsp3) is 0.692. The van der Waals surface area contributed by atoms with Crippen molar-refractivity contribution in [2.24, 2.45) is 5.41 Å². The molecule has 0 atom stereocenters. The van der Waals surface area contributed by atoms with E-state index in [1.807, 2.05) is 6.92 Å². The second-order valence-corrected chi connectivity index (χ2v) is 5.73. The molecule has 0 spiro atoms. The van der Waals surface area contributed by atoms with Gasteiger partial charge in [-0.2, -0.15) is 0 Å². The molecule has 0 aromatic carbocycles. The molecular formula is C13H20ClN3. The summed E-state index contributed by atoms with van der Waals surface area (Å²) in [6, 6.07) is 0. The largest absolute Gasteiger partial charge is 0.369 e. The lowest BCUT2D eigenvalue weighted by Gasteiger charge is -2.34. The Bertz CT molecular complexity index is 386. The first-order valence-electron chi connectivity index (χ1n) is 6.32. The normalized spacial score (nSPS) is 19.0. The Kier molecular flexibility index (Phi) is 3.87. The molecule has 1 aromatic rings. The van der Waals surface area contributed by atoms with Crippen molar-refractivity contribution in [2.75, 3.05) is 11.9 Å². The topological polar surface area (TPSA) is 37.8 Å². The third kappa shape index (κ3) is 3.32. The summed E-state index contributed by atoms with van der Waals surface area (Å²) in [7, 11) is 0. The number of aromatic nitrogens is 2. The summed E-state index contributed by atoms with van der Waals surface area (Å²) in [5.41, 5.74) is 1.45. The predicted octanol–water partition coefficient (Wildman–Crippen LogP) is 3.82. The van der Waals surface area contributed by atoms with Gasteiger partial charge in [0, 0.05) is 18.3 Å². The molecule has 0 bridgehead atoms. The van der Waals surface area contributed by atoms with E-state index < -0.39 is 0 Å². The lowest BCUT2D eigenvalue weighted by Crippen LogP contribution is -2.29. The van der Waals surface area contributed by atoms with Gasteiger partial charge in [0.25, 0.3) is 0 Å². The first kappa shape index (κ1) is 12.6. The van der Waals surface area contributed by atoms with Crippen LogP contribution in [-0.4, -0.2) is 16.5 Å². The van der Waals surface area contributed by atoms with Gasteiger partial charge in [-0.25, -0.2) is 9.97 Å². The molecule has 3 nitrogen and oxygen atoms in total. The summed E-state index contributed by atoms with van der Waals surface area (Å²) in [4.78, 5) is 8.20. The molecule has 1 N–H and O–H groups in total. The Balaban J connectivity index is 1.99. The van der Waals surface area contributed by atoms with Gasteiger partial charge in [-0.3, -0.25) is 0 Å². The molecule has 1 saturated carbocycles. The van der Waals surface area contributed by atoms with Crippen LogP contribution < -0.4 is 5.32 Å². The molecule has 1 aromatic heterocycles. The number of halogens is 1. The van der Waals surface area contributed by atoms with E-state index in [1.54, 1.807) is 6.20 Å². The summed E-state index contributed by atoms with van der Waals surface area (Å²) in [5.74, 6) is 0.872. The van der Waals surface area contributed by atoms with Crippen LogP contribution in [0, 0.1) is 12.3 Å². The second-order valence-electron chi connectivity index (χ2n) is 5.40.